The lowest BCUT2D eigenvalue weighted by Gasteiger charge is -2.39. The van der Waals surface area contributed by atoms with Gasteiger partial charge in [-0.05, 0) is 81.7 Å². The molecule has 2 aromatic rings. The summed E-state index contributed by atoms with van der Waals surface area (Å²) in [5.41, 5.74) is 3.20. The van der Waals surface area contributed by atoms with Gasteiger partial charge in [-0.3, -0.25) is 9.69 Å². The lowest BCUT2D eigenvalue weighted by molar-refractivity contribution is 0.0978. The number of likely N-dealkylation sites (tertiary alicyclic amines) is 1. The molecule has 1 amide bonds. The van der Waals surface area contributed by atoms with E-state index in [4.69, 9.17) is 23.2 Å². The predicted molar refractivity (Wildman–Crippen MR) is 121 cm³/mol. The van der Waals surface area contributed by atoms with Gasteiger partial charge in [-0.2, -0.15) is 0 Å². The fourth-order valence-electron chi connectivity index (χ4n) is 4.53. The maximum absolute atomic E-state index is 14.2. The monoisotopic (exact) mass is 446 g/mol. The van der Waals surface area contributed by atoms with Crippen LogP contribution in [0.15, 0.2) is 48.0 Å². The summed E-state index contributed by atoms with van der Waals surface area (Å²) in [4.78, 5) is 17.6. The van der Waals surface area contributed by atoms with E-state index >= 15 is 0 Å². The summed E-state index contributed by atoms with van der Waals surface area (Å²) in [6.45, 7) is 7.52. The molecular formula is C24H25Cl2FN2O. The first-order chi connectivity index (χ1) is 14.3. The van der Waals surface area contributed by atoms with Gasteiger partial charge in [0.25, 0.3) is 5.91 Å². The Morgan fingerprint density at radius 3 is 2.53 bits per heavy atom. The number of carbonyl (C=O) groups is 1. The van der Waals surface area contributed by atoms with Crippen LogP contribution in [0.1, 0.15) is 42.6 Å². The van der Waals surface area contributed by atoms with Gasteiger partial charge in [0.05, 0.1) is 10.6 Å². The van der Waals surface area contributed by atoms with Crippen LogP contribution in [-0.4, -0.2) is 37.0 Å². The number of amides is 1. The van der Waals surface area contributed by atoms with Crippen molar-refractivity contribution >= 4 is 34.8 Å². The molecule has 3 nitrogen and oxygen atoms in total. The van der Waals surface area contributed by atoms with Gasteiger partial charge in [0.15, 0.2) is 0 Å². The van der Waals surface area contributed by atoms with Gasteiger partial charge >= 0.3 is 0 Å². The maximum Gasteiger partial charge on any atom is 0.259 e. The molecule has 2 aromatic carbocycles. The van der Waals surface area contributed by atoms with Crippen molar-refractivity contribution < 1.29 is 9.18 Å². The van der Waals surface area contributed by atoms with Crippen LogP contribution in [0.2, 0.25) is 10.0 Å². The first-order valence-corrected chi connectivity index (χ1v) is 11.0. The molecule has 0 unspecified atom stereocenters. The van der Waals surface area contributed by atoms with Crippen molar-refractivity contribution in [1.29, 1.82) is 0 Å². The fourth-order valence-corrected chi connectivity index (χ4v) is 5.02. The van der Waals surface area contributed by atoms with Crippen molar-refractivity contribution in [3.05, 3.63) is 75.0 Å². The Labute approximate surface area is 187 Å². The number of anilines is 1. The van der Waals surface area contributed by atoms with Gasteiger partial charge in [0, 0.05) is 29.2 Å². The van der Waals surface area contributed by atoms with E-state index in [0.717, 1.165) is 43.7 Å². The summed E-state index contributed by atoms with van der Waals surface area (Å²) in [7, 11) is 0. The number of rotatable bonds is 3. The number of hydrogen-bond donors (Lipinski definition) is 0. The van der Waals surface area contributed by atoms with Crippen LogP contribution in [0.4, 0.5) is 10.1 Å². The Bertz CT molecular complexity index is 1010. The number of hydrogen-bond acceptors (Lipinski definition) is 2. The van der Waals surface area contributed by atoms with Gasteiger partial charge in [0.2, 0.25) is 0 Å². The second-order valence-corrected chi connectivity index (χ2v) is 9.38. The first-order valence-electron chi connectivity index (χ1n) is 10.2. The third-order valence-corrected chi connectivity index (χ3v) is 6.81. The number of carbonyl (C=O) groups excluding carboxylic acids is 1. The summed E-state index contributed by atoms with van der Waals surface area (Å²) in [5.74, 6) is -0.438. The molecule has 1 fully saturated rings. The highest BCUT2D eigenvalue weighted by Gasteiger charge is 2.46. The van der Waals surface area contributed by atoms with E-state index < -0.39 is 0 Å². The number of halogens is 3. The average Bonchev–Trinajstić information content (AvgIpc) is 3.00. The van der Waals surface area contributed by atoms with Crippen LogP contribution in [-0.2, 0) is 5.41 Å². The summed E-state index contributed by atoms with van der Waals surface area (Å²) < 4.78 is 14.2. The van der Waals surface area contributed by atoms with E-state index in [0.29, 0.717) is 22.2 Å². The van der Waals surface area contributed by atoms with E-state index in [2.05, 4.69) is 24.8 Å². The Kier molecular flexibility index (Phi) is 5.93. The van der Waals surface area contributed by atoms with Crippen LogP contribution in [0.25, 0.3) is 0 Å². The van der Waals surface area contributed by atoms with Crippen molar-refractivity contribution in [3.63, 3.8) is 0 Å². The van der Waals surface area contributed by atoms with Crippen LogP contribution in [0.5, 0.6) is 0 Å². The molecule has 2 aliphatic heterocycles. The number of fused-ring (bicyclic) bond motifs is 2. The van der Waals surface area contributed by atoms with Gasteiger partial charge in [-0.1, -0.05) is 34.9 Å². The van der Waals surface area contributed by atoms with Gasteiger partial charge in [0.1, 0.15) is 5.82 Å². The summed E-state index contributed by atoms with van der Waals surface area (Å²) >= 11 is 12.3. The zero-order chi connectivity index (χ0) is 21.5. The number of allylic oxidation sites excluding steroid dienone is 1. The second-order valence-electron chi connectivity index (χ2n) is 8.54. The summed E-state index contributed by atoms with van der Waals surface area (Å²) in [6, 6.07) is 9.65. The third kappa shape index (κ3) is 4.01. The van der Waals surface area contributed by atoms with E-state index in [1.807, 2.05) is 0 Å². The zero-order valence-electron chi connectivity index (χ0n) is 17.2. The molecule has 158 valence electrons. The molecule has 2 heterocycles. The Morgan fingerprint density at radius 1 is 1.13 bits per heavy atom. The van der Waals surface area contributed by atoms with Crippen LogP contribution < -0.4 is 4.90 Å². The molecule has 30 heavy (non-hydrogen) atoms. The minimum absolute atomic E-state index is 0.173. The van der Waals surface area contributed by atoms with Crippen molar-refractivity contribution in [1.82, 2.24) is 4.90 Å². The topological polar surface area (TPSA) is 23.6 Å². The minimum Gasteiger partial charge on any atom is -0.307 e. The molecule has 0 radical (unpaired) electrons. The lowest BCUT2D eigenvalue weighted by atomic mass is 9.74. The molecule has 2 aliphatic rings. The van der Waals surface area contributed by atoms with Crippen LogP contribution in [0.3, 0.4) is 0 Å². The number of benzene rings is 2. The number of piperidine rings is 1. The Hall–Kier alpha value is -1.88. The van der Waals surface area contributed by atoms with E-state index in [-0.39, 0.29) is 17.1 Å². The molecule has 0 saturated carbocycles. The smallest absolute Gasteiger partial charge is 0.259 e. The van der Waals surface area contributed by atoms with E-state index in [9.17, 15) is 9.18 Å². The normalized spacial score (nSPS) is 17.8. The van der Waals surface area contributed by atoms with Crippen molar-refractivity contribution in [3.8, 4) is 0 Å². The van der Waals surface area contributed by atoms with Gasteiger partial charge in [-0.15, -0.1) is 0 Å². The highest BCUT2D eigenvalue weighted by molar-refractivity contribution is 6.37. The number of nitrogens with zero attached hydrogens (tertiary/aromatic N) is 2. The maximum atomic E-state index is 14.2. The molecular weight excluding hydrogens is 422 g/mol. The molecule has 1 saturated heterocycles. The second kappa shape index (κ2) is 8.33. The molecule has 1 spiro atoms. The van der Waals surface area contributed by atoms with Crippen molar-refractivity contribution in [2.75, 3.05) is 31.1 Å². The quantitative estimate of drug-likeness (QED) is 0.532. The zero-order valence-corrected chi connectivity index (χ0v) is 18.7. The van der Waals surface area contributed by atoms with E-state index in [1.54, 1.807) is 35.2 Å². The summed E-state index contributed by atoms with van der Waals surface area (Å²) in [5, 5.41) is 0.814. The van der Waals surface area contributed by atoms with Crippen LogP contribution >= 0.6 is 23.2 Å². The van der Waals surface area contributed by atoms with Gasteiger partial charge in [-0.25, -0.2) is 4.39 Å². The molecule has 4 rings (SSSR count). The molecule has 0 aromatic heterocycles. The molecule has 0 atom stereocenters. The average molecular weight is 447 g/mol. The predicted octanol–water partition coefficient (Wildman–Crippen LogP) is 6.09. The largest absolute Gasteiger partial charge is 0.307 e. The standard InChI is InChI=1S/C24H25Cl2FN2O/c1-16(2)7-10-28-11-8-24(9-12-28)15-29(22-6-4-18(27)14-20(22)24)23(30)19-5-3-17(25)13-21(19)26/h3-7,13-14H,8-12,15H2,1-2H3. The van der Waals surface area contributed by atoms with Crippen LogP contribution in [0, 0.1) is 5.82 Å². The molecule has 6 heteroatoms. The van der Waals surface area contributed by atoms with Crippen molar-refractivity contribution in [2.24, 2.45) is 0 Å². The Morgan fingerprint density at radius 2 is 1.87 bits per heavy atom. The van der Waals surface area contributed by atoms with Gasteiger partial charge < -0.3 is 4.90 Å². The molecule has 0 bridgehead atoms. The highest BCUT2D eigenvalue weighted by Crippen LogP contribution is 2.48. The first kappa shape index (κ1) is 21.4. The Balaban J connectivity index is 1.64. The lowest BCUT2D eigenvalue weighted by Crippen LogP contribution is -2.46. The molecule has 0 N–H and O–H groups in total. The SMILES string of the molecule is CC(C)=CCN1CCC2(CC1)CN(C(=O)c1ccc(Cl)cc1Cl)c1ccc(F)cc12. The molecule has 0 aliphatic carbocycles. The van der Waals surface area contributed by atoms with E-state index in [1.165, 1.54) is 11.6 Å². The van der Waals surface area contributed by atoms with Crippen molar-refractivity contribution in [2.45, 2.75) is 32.1 Å². The highest BCUT2D eigenvalue weighted by atomic mass is 35.5. The summed E-state index contributed by atoms with van der Waals surface area (Å²) in [6.07, 6.45) is 4.01. The fraction of sp³-hybridized carbons (Fsp3) is 0.375. The minimum atomic E-state index is -0.265. The third-order valence-electron chi connectivity index (χ3n) is 6.26.